The van der Waals surface area contributed by atoms with Crippen LogP contribution in [0.2, 0.25) is 0 Å². The molecule has 2 heteroatoms. The van der Waals surface area contributed by atoms with Crippen LogP contribution in [0, 0.1) is 13.8 Å². The Morgan fingerprint density at radius 3 is 2.39 bits per heavy atom. The third-order valence-electron chi connectivity index (χ3n) is 2.93. The number of nitrogens with zero attached hydrogens (tertiary/aromatic N) is 1. The van der Waals surface area contributed by atoms with Crippen molar-refractivity contribution < 1.29 is 4.74 Å². The molecule has 0 aliphatic rings. The van der Waals surface area contributed by atoms with E-state index >= 15 is 0 Å². The van der Waals surface area contributed by atoms with Gasteiger partial charge < -0.3 is 4.74 Å². The third kappa shape index (κ3) is 3.73. The Morgan fingerprint density at radius 2 is 1.89 bits per heavy atom. The molecular weight excluding hydrogens is 222 g/mol. The zero-order valence-corrected chi connectivity index (χ0v) is 12.0. The summed E-state index contributed by atoms with van der Waals surface area (Å²) in [7, 11) is 1.78. The quantitative estimate of drug-likeness (QED) is 0.717. The van der Waals surface area contributed by atoms with Gasteiger partial charge in [-0.1, -0.05) is 25.1 Å². The lowest BCUT2D eigenvalue weighted by Gasteiger charge is -2.15. The highest BCUT2D eigenvalue weighted by Gasteiger charge is 2.08. The Balaban J connectivity index is 2.98. The normalized spacial score (nSPS) is 13.4. The van der Waals surface area contributed by atoms with Crippen LogP contribution in [0.4, 0.5) is 0 Å². The van der Waals surface area contributed by atoms with Gasteiger partial charge >= 0.3 is 0 Å². The van der Waals surface area contributed by atoms with Gasteiger partial charge in [-0.25, -0.2) is 0 Å². The highest BCUT2D eigenvalue weighted by molar-refractivity contribution is 5.71. The van der Waals surface area contributed by atoms with Crippen molar-refractivity contribution in [1.29, 1.82) is 0 Å². The van der Waals surface area contributed by atoms with Gasteiger partial charge in [0.2, 0.25) is 0 Å². The van der Waals surface area contributed by atoms with E-state index < -0.39 is 0 Å². The van der Waals surface area contributed by atoms with E-state index in [2.05, 4.69) is 44.0 Å². The first kappa shape index (κ1) is 14.5. The fourth-order valence-electron chi connectivity index (χ4n) is 2.03. The van der Waals surface area contributed by atoms with Gasteiger partial charge in [0.1, 0.15) is 5.75 Å². The monoisotopic (exact) mass is 245 g/mol. The van der Waals surface area contributed by atoms with Crippen LogP contribution < -0.4 is 4.74 Å². The number of aliphatic imine (C=N–C) groups is 1. The van der Waals surface area contributed by atoms with Crippen molar-refractivity contribution in [3.8, 4) is 5.75 Å². The molecule has 0 aliphatic carbocycles. The molecule has 1 aromatic rings. The standard InChI is InChI=1S/C16H23NO/c1-6-18-16-13(3)10-15(11-14(16)4)12(2)8-7-9-17-5/h7-12H,6H2,1-5H3/b8-7-,17-9-. The summed E-state index contributed by atoms with van der Waals surface area (Å²) >= 11 is 0. The molecule has 18 heavy (non-hydrogen) atoms. The lowest BCUT2D eigenvalue weighted by atomic mass is 9.96. The molecule has 0 heterocycles. The van der Waals surface area contributed by atoms with E-state index in [0.29, 0.717) is 12.5 Å². The maximum absolute atomic E-state index is 5.66. The molecule has 1 unspecified atom stereocenters. The lowest BCUT2D eigenvalue weighted by Crippen LogP contribution is -1.99. The maximum atomic E-state index is 5.66. The highest BCUT2D eigenvalue weighted by atomic mass is 16.5. The van der Waals surface area contributed by atoms with Gasteiger partial charge in [-0.2, -0.15) is 0 Å². The van der Waals surface area contributed by atoms with Crippen molar-refractivity contribution in [1.82, 2.24) is 0 Å². The Morgan fingerprint density at radius 1 is 1.28 bits per heavy atom. The molecule has 0 amide bonds. The second kappa shape index (κ2) is 7.00. The Hall–Kier alpha value is -1.57. The number of allylic oxidation sites excluding steroid dienone is 2. The zero-order chi connectivity index (χ0) is 13.5. The minimum Gasteiger partial charge on any atom is -0.493 e. The molecule has 1 rings (SSSR count). The van der Waals surface area contributed by atoms with Gasteiger partial charge in [-0.3, -0.25) is 4.99 Å². The summed E-state index contributed by atoms with van der Waals surface area (Å²) in [6, 6.07) is 4.41. The molecule has 98 valence electrons. The van der Waals surface area contributed by atoms with Gasteiger partial charge in [-0.15, -0.1) is 0 Å². The molecule has 1 atom stereocenters. The van der Waals surface area contributed by atoms with Gasteiger partial charge in [-0.05, 0) is 49.5 Å². The topological polar surface area (TPSA) is 21.6 Å². The fourth-order valence-corrected chi connectivity index (χ4v) is 2.03. The van der Waals surface area contributed by atoms with Crippen LogP contribution in [-0.4, -0.2) is 19.9 Å². The number of hydrogen-bond donors (Lipinski definition) is 0. The van der Waals surface area contributed by atoms with E-state index in [4.69, 9.17) is 4.74 Å². The largest absolute Gasteiger partial charge is 0.493 e. The maximum Gasteiger partial charge on any atom is 0.125 e. The number of aryl methyl sites for hydroxylation is 2. The molecule has 0 bridgehead atoms. The molecule has 0 saturated heterocycles. The molecule has 0 N–H and O–H groups in total. The lowest BCUT2D eigenvalue weighted by molar-refractivity contribution is 0.335. The summed E-state index contributed by atoms with van der Waals surface area (Å²) in [5.74, 6) is 1.41. The van der Waals surface area contributed by atoms with E-state index in [1.165, 1.54) is 16.7 Å². The Bertz CT molecular complexity index is 423. The van der Waals surface area contributed by atoms with E-state index in [1.54, 1.807) is 7.05 Å². The van der Waals surface area contributed by atoms with E-state index in [1.807, 2.05) is 19.2 Å². The SMILES string of the molecule is CCOc1c(C)cc(C(C)/C=C\C=N/C)cc1C. The van der Waals surface area contributed by atoms with E-state index in [0.717, 1.165) is 5.75 Å². The molecule has 0 aliphatic heterocycles. The summed E-state index contributed by atoms with van der Waals surface area (Å²) in [6.45, 7) is 9.12. The molecule has 0 spiro atoms. The average molecular weight is 245 g/mol. The minimum absolute atomic E-state index is 0.385. The first-order chi connectivity index (χ1) is 8.60. The summed E-state index contributed by atoms with van der Waals surface area (Å²) < 4.78 is 5.66. The number of ether oxygens (including phenoxy) is 1. The third-order valence-corrected chi connectivity index (χ3v) is 2.93. The average Bonchev–Trinajstić information content (AvgIpc) is 2.33. The van der Waals surface area contributed by atoms with Crippen molar-refractivity contribution in [3.63, 3.8) is 0 Å². The summed E-state index contributed by atoms with van der Waals surface area (Å²) in [4.78, 5) is 3.94. The second-order valence-electron chi connectivity index (χ2n) is 4.50. The van der Waals surface area contributed by atoms with E-state index in [-0.39, 0.29) is 0 Å². The van der Waals surface area contributed by atoms with Crippen LogP contribution in [0.1, 0.15) is 36.5 Å². The highest BCUT2D eigenvalue weighted by Crippen LogP contribution is 2.28. The molecule has 0 radical (unpaired) electrons. The zero-order valence-electron chi connectivity index (χ0n) is 12.0. The van der Waals surface area contributed by atoms with Crippen molar-refractivity contribution >= 4 is 6.21 Å². The smallest absolute Gasteiger partial charge is 0.125 e. The van der Waals surface area contributed by atoms with Gasteiger partial charge in [0.05, 0.1) is 6.61 Å². The number of rotatable bonds is 5. The Kier molecular flexibility index (Phi) is 5.63. The second-order valence-corrected chi connectivity index (χ2v) is 4.50. The molecule has 2 nitrogen and oxygen atoms in total. The van der Waals surface area contributed by atoms with Crippen molar-refractivity contribution in [3.05, 3.63) is 41.0 Å². The summed E-state index contributed by atoms with van der Waals surface area (Å²) in [5.41, 5.74) is 3.72. The molecule has 1 aromatic carbocycles. The summed E-state index contributed by atoms with van der Waals surface area (Å²) in [6.07, 6.45) is 5.96. The summed E-state index contributed by atoms with van der Waals surface area (Å²) in [5, 5.41) is 0. The number of hydrogen-bond acceptors (Lipinski definition) is 2. The van der Waals surface area contributed by atoms with Crippen LogP contribution >= 0.6 is 0 Å². The molecular formula is C16H23NO. The predicted molar refractivity (Wildman–Crippen MR) is 79.1 cm³/mol. The van der Waals surface area contributed by atoms with Crippen LogP contribution in [0.15, 0.2) is 29.3 Å². The van der Waals surface area contributed by atoms with E-state index in [9.17, 15) is 0 Å². The Labute approximate surface area is 110 Å². The van der Waals surface area contributed by atoms with Crippen LogP contribution in [0.3, 0.4) is 0 Å². The van der Waals surface area contributed by atoms with Gasteiger partial charge in [0.15, 0.2) is 0 Å². The molecule has 0 saturated carbocycles. The van der Waals surface area contributed by atoms with Crippen LogP contribution in [-0.2, 0) is 0 Å². The molecule has 0 fully saturated rings. The minimum atomic E-state index is 0.385. The van der Waals surface area contributed by atoms with Gasteiger partial charge in [0, 0.05) is 13.3 Å². The predicted octanol–water partition coefficient (Wildman–Crippen LogP) is 4.06. The van der Waals surface area contributed by atoms with Crippen LogP contribution in [0.25, 0.3) is 0 Å². The first-order valence-electron chi connectivity index (χ1n) is 6.43. The van der Waals surface area contributed by atoms with Crippen molar-refractivity contribution in [2.45, 2.75) is 33.6 Å². The van der Waals surface area contributed by atoms with Crippen molar-refractivity contribution in [2.75, 3.05) is 13.7 Å². The first-order valence-corrected chi connectivity index (χ1v) is 6.43. The molecule has 0 aromatic heterocycles. The van der Waals surface area contributed by atoms with Crippen LogP contribution in [0.5, 0.6) is 5.75 Å². The number of benzene rings is 1. The van der Waals surface area contributed by atoms with Gasteiger partial charge in [0.25, 0.3) is 0 Å². The fraction of sp³-hybridized carbons (Fsp3) is 0.438. The van der Waals surface area contributed by atoms with Crippen molar-refractivity contribution in [2.24, 2.45) is 4.99 Å².